The third-order valence-electron chi connectivity index (χ3n) is 6.58. The standard InChI is InChI=1S/C27H32ClFN2O5/c1-27(2,3)36-26(32)31-11-10-30-13-16-12-21(35-18-8-9-18)23(22-19(28)6-5-7-20(22)33-4)24(29)25(16)34-15-17(30)14-31/h5-7,12,17-18H,8-11,13-15H2,1-4H3/t17-/m1/s1. The Morgan fingerprint density at radius 3 is 2.64 bits per heavy atom. The molecule has 3 aliphatic rings. The fraction of sp³-hybridized carbons (Fsp3) is 0.519. The third kappa shape index (κ3) is 5.06. The van der Waals surface area contributed by atoms with Crippen LogP contribution in [-0.4, -0.2) is 67.0 Å². The first-order chi connectivity index (χ1) is 17.1. The second-order valence-corrected chi connectivity index (χ2v) is 11.0. The van der Waals surface area contributed by atoms with Gasteiger partial charge in [-0.3, -0.25) is 4.90 Å². The van der Waals surface area contributed by atoms with Crippen LogP contribution in [0.4, 0.5) is 9.18 Å². The number of hydrogen-bond donors (Lipinski definition) is 0. The monoisotopic (exact) mass is 518 g/mol. The Labute approximate surface area is 216 Å². The van der Waals surface area contributed by atoms with Crippen LogP contribution >= 0.6 is 11.6 Å². The van der Waals surface area contributed by atoms with Crippen molar-refractivity contribution in [2.24, 2.45) is 0 Å². The van der Waals surface area contributed by atoms with Gasteiger partial charge in [0, 0.05) is 37.3 Å². The number of amides is 1. The smallest absolute Gasteiger partial charge is 0.410 e. The van der Waals surface area contributed by atoms with Crippen LogP contribution in [0.5, 0.6) is 17.2 Å². The molecule has 0 aromatic heterocycles. The lowest BCUT2D eigenvalue weighted by Crippen LogP contribution is -2.56. The number of piperazine rings is 1. The molecule has 36 heavy (non-hydrogen) atoms. The Balaban J connectivity index is 1.48. The summed E-state index contributed by atoms with van der Waals surface area (Å²) in [5.41, 5.74) is 0.838. The molecular weight excluding hydrogens is 487 g/mol. The summed E-state index contributed by atoms with van der Waals surface area (Å²) in [5, 5.41) is 0.368. The Morgan fingerprint density at radius 2 is 1.94 bits per heavy atom. The van der Waals surface area contributed by atoms with Crippen molar-refractivity contribution >= 4 is 17.7 Å². The van der Waals surface area contributed by atoms with Crippen molar-refractivity contribution in [2.45, 2.75) is 57.9 Å². The first-order valence-electron chi connectivity index (χ1n) is 12.3. The van der Waals surface area contributed by atoms with Crippen molar-refractivity contribution in [1.29, 1.82) is 0 Å². The first-order valence-corrected chi connectivity index (χ1v) is 12.7. The molecule has 1 aliphatic carbocycles. The van der Waals surface area contributed by atoms with E-state index in [2.05, 4.69) is 4.90 Å². The van der Waals surface area contributed by atoms with E-state index in [9.17, 15) is 4.79 Å². The largest absolute Gasteiger partial charge is 0.496 e. The first kappa shape index (κ1) is 25.0. The lowest BCUT2D eigenvalue weighted by atomic mass is 9.99. The van der Waals surface area contributed by atoms with Gasteiger partial charge in [0.15, 0.2) is 11.6 Å². The number of carbonyl (C=O) groups is 1. The van der Waals surface area contributed by atoms with E-state index in [0.717, 1.165) is 12.8 Å². The summed E-state index contributed by atoms with van der Waals surface area (Å²) in [4.78, 5) is 16.6. The fourth-order valence-electron chi connectivity index (χ4n) is 4.69. The number of nitrogens with zero attached hydrogens (tertiary/aromatic N) is 2. The Morgan fingerprint density at radius 1 is 1.17 bits per heavy atom. The molecule has 0 N–H and O–H groups in total. The lowest BCUT2D eigenvalue weighted by Gasteiger charge is -2.40. The molecule has 0 unspecified atom stereocenters. The highest BCUT2D eigenvalue weighted by molar-refractivity contribution is 6.33. The summed E-state index contributed by atoms with van der Waals surface area (Å²) in [6.07, 6.45) is 1.58. The van der Waals surface area contributed by atoms with Crippen molar-refractivity contribution in [2.75, 3.05) is 33.4 Å². The zero-order chi connectivity index (χ0) is 25.6. The van der Waals surface area contributed by atoms with Gasteiger partial charge >= 0.3 is 6.09 Å². The topological polar surface area (TPSA) is 60.5 Å². The zero-order valence-electron chi connectivity index (χ0n) is 21.1. The van der Waals surface area contributed by atoms with Gasteiger partial charge in [0.25, 0.3) is 0 Å². The molecule has 0 radical (unpaired) electrons. The maximum Gasteiger partial charge on any atom is 0.410 e. The highest BCUT2D eigenvalue weighted by Gasteiger charge is 2.37. The molecule has 5 rings (SSSR count). The predicted octanol–water partition coefficient (Wildman–Crippen LogP) is 5.51. The molecular formula is C27H32ClFN2O5. The van der Waals surface area contributed by atoms with E-state index in [-0.39, 0.29) is 36.2 Å². The number of halogens is 2. The van der Waals surface area contributed by atoms with Crippen LogP contribution in [-0.2, 0) is 11.3 Å². The number of ether oxygens (including phenoxy) is 4. The molecule has 1 atom stereocenters. The summed E-state index contributed by atoms with van der Waals surface area (Å²) >= 11 is 6.54. The van der Waals surface area contributed by atoms with Crippen molar-refractivity contribution in [3.63, 3.8) is 0 Å². The van der Waals surface area contributed by atoms with Gasteiger partial charge in [-0.15, -0.1) is 0 Å². The molecule has 1 saturated carbocycles. The maximum absolute atomic E-state index is 16.3. The molecule has 2 aliphatic heterocycles. The Kier molecular flexibility index (Phi) is 6.68. The van der Waals surface area contributed by atoms with E-state index in [0.29, 0.717) is 53.8 Å². The van der Waals surface area contributed by atoms with Gasteiger partial charge in [-0.25, -0.2) is 9.18 Å². The van der Waals surface area contributed by atoms with Crippen LogP contribution < -0.4 is 14.2 Å². The van der Waals surface area contributed by atoms with Gasteiger partial charge in [-0.05, 0) is 51.8 Å². The molecule has 2 fully saturated rings. The average molecular weight is 519 g/mol. The molecule has 7 nitrogen and oxygen atoms in total. The molecule has 0 bridgehead atoms. The zero-order valence-corrected chi connectivity index (χ0v) is 21.9. The van der Waals surface area contributed by atoms with Crippen LogP contribution in [0.3, 0.4) is 0 Å². The van der Waals surface area contributed by atoms with Crippen LogP contribution in [0.1, 0.15) is 39.2 Å². The van der Waals surface area contributed by atoms with Gasteiger partial charge in [-0.1, -0.05) is 17.7 Å². The number of methoxy groups -OCH3 is 1. The van der Waals surface area contributed by atoms with E-state index < -0.39 is 11.4 Å². The van der Waals surface area contributed by atoms with Gasteiger partial charge in [-0.2, -0.15) is 0 Å². The summed E-state index contributed by atoms with van der Waals surface area (Å²) in [7, 11) is 1.53. The van der Waals surface area contributed by atoms with Gasteiger partial charge < -0.3 is 23.8 Å². The highest BCUT2D eigenvalue weighted by atomic mass is 35.5. The van der Waals surface area contributed by atoms with Gasteiger partial charge in [0.2, 0.25) is 0 Å². The van der Waals surface area contributed by atoms with Gasteiger partial charge in [0.1, 0.15) is 23.7 Å². The Hall–Kier alpha value is -2.71. The molecule has 2 aromatic rings. The average Bonchev–Trinajstić information content (AvgIpc) is 3.64. The third-order valence-corrected chi connectivity index (χ3v) is 6.89. The molecule has 2 heterocycles. The second kappa shape index (κ2) is 9.63. The molecule has 2 aromatic carbocycles. The predicted molar refractivity (Wildman–Crippen MR) is 135 cm³/mol. The van der Waals surface area contributed by atoms with Crippen molar-refractivity contribution in [1.82, 2.24) is 9.80 Å². The minimum Gasteiger partial charge on any atom is -0.496 e. The van der Waals surface area contributed by atoms with Crippen LogP contribution in [0.15, 0.2) is 24.3 Å². The number of rotatable bonds is 4. The second-order valence-electron chi connectivity index (χ2n) is 10.5. The molecule has 0 spiro atoms. The summed E-state index contributed by atoms with van der Waals surface area (Å²) in [6.45, 7) is 7.88. The maximum atomic E-state index is 16.3. The van der Waals surface area contributed by atoms with E-state index >= 15 is 4.39 Å². The minimum absolute atomic E-state index is 0.0616. The minimum atomic E-state index is -0.568. The van der Waals surface area contributed by atoms with E-state index in [4.69, 9.17) is 30.5 Å². The number of fused-ring (bicyclic) bond motifs is 2. The SMILES string of the molecule is COc1cccc(Cl)c1-c1c(OC2CC2)cc2c(c1F)OC[C@H]1CN(C(=O)OC(C)(C)C)CCN1C2. The van der Waals surface area contributed by atoms with Crippen LogP contribution in [0.25, 0.3) is 11.1 Å². The van der Waals surface area contributed by atoms with Crippen LogP contribution in [0.2, 0.25) is 5.02 Å². The Bertz CT molecular complexity index is 1160. The summed E-state index contributed by atoms with van der Waals surface area (Å²) < 4.78 is 39.6. The molecule has 194 valence electrons. The summed E-state index contributed by atoms with van der Waals surface area (Å²) in [6, 6.07) is 7.00. The van der Waals surface area contributed by atoms with Crippen LogP contribution in [0, 0.1) is 5.82 Å². The van der Waals surface area contributed by atoms with Crippen molar-refractivity contribution in [3.05, 3.63) is 40.7 Å². The normalized spacial score (nSPS) is 20.1. The molecule has 1 amide bonds. The van der Waals surface area contributed by atoms with E-state index in [1.54, 1.807) is 23.1 Å². The van der Waals surface area contributed by atoms with Gasteiger partial charge in [0.05, 0.1) is 29.8 Å². The molecule has 9 heteroatoms. The quantitative estimate of drug-likeness (QED) is 0.532. The number of benzene rings is 2. The lowest BCUT2D eigenvalue weighted by molar-refractivity contribution is -0.00164. The number of carbonyl (C=O) groups excluding carboxylic acids is 1. The number of hydrogen-bond acceptors (Lipinski definition) is 6. The fourth-order valence-corrected chi connectivity index (χ4v) is 4.95. The molecule has 1 saturated heterocycles. The highest BCUT2D eigenvalue weighted by Crippen LogP contribution is 2.48. The van der Waals surface area contributed by atoms with Crippen molar-refractivity contribution in [3.8, 4) is 28.4 Å². The van der Waals surface area contributed by atoms with E-state index in [1.165, 1.54) is 7.11 Å². The summed E-state index contributed by atoms with van der Waals surface area (Å²) in [5.74, 6) is 0.572. The van der Waals surface area contributed by atoms with E-state index in [1.807, 2.05) is 26.8 Å². The van der Waals surface area contributed by atoms with Crippen molar-refractivity contribution < 1.29 is 28.1 Å².